The second kappa shape index (κ2) is 6.96. The molecule has 1 atom stereocenters. The van der Waals surface area contributed by atoms with Crippen molar-refractivity contribution in [2.24, 2.45) is 0 Å². The van der Waals surface area contributed by atoms with E-state index in [0.29, 0.717) is 22.1 Å². The minimum Gasteiger partial charge on any atom is -0.480 e. The maximum absolute atomic E-state index is 13.4. The Balaban J connectivity index is 1.84. The highest BCUT2D eigenvalue weighted by Crippen LogP contribution is 2.39. The zero-order valence-electron chi connectivity index (χ0n) is 16.1. The smallest absolute Gasteiger partial charge is 0.323 e. The molecule has 9 nitrogen and oxygen atoms in total. The molecule has 1 N–H and O–H groups in total. The molecular formula is C19H18N2O7S2. The van der Waals surface area contributed by atoms with E-state index in [1.165, 1.54) is 48.2 Å². The topological polar surface area (TPSA) is 131 Å². The third-order valence-corrected chi connectivity index (χ3v) is 8.42. The molecule has 158 valence electrons. The summed E-state index contributed by atoms with van der Waals surface area (Å²) in [7, 11) is -4.10. The first kappa shape index (κ1) is 20.6. The van der Waals surface area contributed by atoms with Gasteiger partial charge in [0, 0.05) is 33.9 Å². The number of nitrogens with zero attached hydrogens (tertiary/aromatic N) is 2. The molecule has 2 heterocycles. The van der Waals surface area contributed by atoms with E-state index in [4.69, 9.17) is 4.42 Å². The van der Waals surface area contributed by atoms with Crippen LogP contribution in [-0.2, 0) is 14.8 Å². The van der Waals surface area contributed by atoms with Gasteiger partial charge >= 0.3 is 5.97 Å². The highest BCUT2D eigenvalue weighted by Gasteiger charge is 2.48. The molecule has 0 saturated carbocycles. The van der Waals surface area contributed by atoms with Crippen LogP contribution in [0.4, 0.5) is 5.69 Å². The molecule has 1 saturated heterocycles. The monoisotopic (exact) mass is 450 g/mol. The van der Waals surface area contributed by atoms with Crippen molar-refractivity contribution in [2.45, 2.75) is 29.5 Å². The first-order valence-corrected chi connectivity index (χ1v) is 11.4. The number of nitro benzene ring substituents is 1. The van der Waals surface area contributed by atoms with E-state index >= 15 is 0 Å². The number of carbonyl (C=O) groups is 1. The van der Waals surface area contributed by atoms with Crippen molar-refractivity contribution in [3.8, 4) is 0 Å². The van der Waals surface area contributed by atoms with Gasteiger partial charge in [-0.25, -0.2) is 8.42 Å². The Kier molecular flexibility index (Phi) is 4.79. The van der Waals surface area contributed by atoms with Gasteiger partial charge in [0.1, 0.15) is 17.2 Å². The normalized spacial score (nSPS) is 19.9. The van der Waals surface area contributed by atoms with Crippen molar-refractivity contribution in [3.63, 3.8) is 0 Å². The van der Waals surface area contributed by atoms with Gasteiger partial charge in [-0.05, 0) is 38.1 Å². The fourth-order valence-corrected chi connectivity index (χ4v) is 6.91. The molecule has 0 amide bonds. The number of hydrogen-bond donors (Lipinski definition) is 1. The van der Waals surface area contributed by atoms with Crippen LogP contribution in [0.15, 0.2) is 45.7 Å². The van der Waals surface area contributed by atoms with E-state index in [2.05, 4.69) is 0 Å². The second-order valence-electron chi connectivity index (χ2n) is 7.51. The average molecular weight is 450 g/mol. The Bertz CT molecular complexity index is 1300. The lowest BCUT2D eigenvalue weighted by molar-refractivity contribution is -0.384. The third-order valence-electron chi connectivity index (χ3n) is 5.21. The first-order valence-electron chi connectivity index (χ1n) is 9.02. The summed E-state index contributed by atoms with van der Waals surface area (Å²) >= 11 is 1.42. The van der Waals surface area contributed by atoms with Crippen molar-refractivity contribution in [2.75, 3.05) is 12.3 Å². The first-order chi connectivity index (χ1) is 14.0. The van der Waals surface area contributed by atoms with Gasteiger partial charge in [0.05, 0.1) is 15.9 Å². The van der Waals surface area contributed by atoms with E-state index in [0.717, 1.165) is 4.31 Å². The molecule has 4 rings (SSSR count). The fourth-order valence-electron chi connectivity index (χ4n) is 3.79. The number of nitro groups is 1. The van der Waals surface area contributed by atoms with E-state index in [9.17, 15) is 28.4 Å². The molecule has 11 heteroatoms. The van der Waals surface area contributed by atoms with Crippen molar-refractivity contribution < 1.29 is 27.7 Å². The van der Waals surface area contributed by atoms with Gasteiger partial charge in [-0.1, -0.05) is 0 Å². The van der Waals surface area contributed by atoms with Crippen LogP contribution in [0.5, 0.6) is 0 Å². The lowest BCUT2D eigenvalue weighted by atomic mass is 10.0. The number of fused-ring (bicyclic) bond motifs is 3. The predicted octanol–water partition coefficient (Wildman–Crippen LogP) is 3.46. The molecule has 0 unspecified atom stereocenters. The quantitative estimate of drug-likeness (QED) is 0.472. The van der Waals surface area contributed by atoms with E-state index in [1.54, 1.807) is 13.8 Å². The van der Waals surface area contributed by atoms with Crippen LogP contribution in [0.25, 0.3) is 21.9 Å². The van der Waals surface area contributed by atoms with Gasteiger partial charge in [-0.3, -0.25) is 14.9 Å². The number of thioether (sulfide) groups is 1. The molecule has 0 spiro atoms. The molecule has 3 aromatic rings. The SMILES string of the molecule is CC1(C)SCCN(S(=O)(=O)c2ccc3oc4cc([N+](=O)[O-])ccc4c3c2)[C@H]1C(=O)O. The predicted molar refractivity (Wildman–Crippen MR) is 112 cm³/mol. The Hall–Kier alpha value is -2.63. The lowest BCUT2D eigenvalue weighted by Gasteiger charge is -2.42. The summed E-state index contributed by atoms with van der Waals surface area (Å²) in [5.74, 6) is -0.714. The molecule has 0 bridgehead atoms. The van der Waals surface area contributed by atoms with Gasteiger partial charge < -0.3 is 9.52 Å². The van der Waals surface area contributed by atoms with Crippen LogP contribution >= 0.6 is 11.8 Å². The van der Waals surface area contributed by atoms with Crippen molar-refractivity contribution in [3.05, 3.63) is 46.5 Å². The standard InChI is InChI=1S/C19H18N2O7S2/c1-19(2)17(18(22)23)20(7-8-29-19)30(26,27)12-4-6-15-14(10-12)13-5-3-11(21(24)25)9-16(13)28-15/h3-6,9-10,17H,7-8H2,1-2H3,(H,22,23)/t17-/m0/s1. The lowest BCUT2D eigenvalue weighted by Crippen LogP contribution is -2.58. The molecule has 0 radical (unpaired) electrons. The van der Waals surface area contributed by atoms with Crippen LogP contribution in [0, 0.1) is 10.1 Å². The van der Waals surface area contributed by atoms with E-state index in [-0.39, 0.29) is 22.7 Å². The minimum absolute atomic E-state index is 0.0509. The number of rotatable bonds is 4. The van der Waals surface area contributed by atoms with E-state index in [1.807, 2.05) is 0 Å². The Morgan fingerprint density at radius 1 is 1.23 bits per heavy atom. The fraction of sp³-hybridized carbons (Fsp3) is 0.316. The Morgan fingerprint density at radius 3 is 2.63 bits per heavy atom. The molecule has 0 aliphatic carbocycles. The second-order valence-corrected chi connectivity index (χ2v) is 11.1. The van der Waals surface area contributed by atoms with Gasteiger partial charge in [0.2, 0.25) is 10.0 Å². The van der Waals surface area contributed by atoms with Crippen LogP contribution in [0.3, 0.4) is 0 Å². The number of furan rings is 1. The van der Waals surface area contributed by atoms with Gasteiger partial charge in [0.25, 0.3) is 5.69 Å². The maximum atomic E-state index is 13.4. The highest BCUT2D eigenvalue weighted by molar-refractivity contribution is 8.00. The summed E-state index contributed by atoms with van der Waals surface area (Å²) in [6, 6.07) is 7.18. The number of benzene rings is 2. The number of carboxylic acids is 1. The van der Waals surface area contributed by atoms with Crippen molar-refractivity contribution in [1.29, 1.82) is 0 Å². The van der Waals surface area contributed by atoms with Crippen LogP contribution in [-0.4, -0.2) is 51.8 Å². The number of carboxylic acid groups (broad SMARTS) is 1. The van der Waals surface area contributed by atoms with Crippen LogP contribution in [0.2, 0.25) is 0 Å². The minimum atomic E-state index is -4.10. The maximum Gasteiger partial charge on any atom is 0.323 e. The number of non-ortho nitro benzene ring substituents is 1. The average Bonchev–Trinajstić information content (AvgIpc) is 3.03. The molecule has 1 aliphatic rings. The zero-order chi connectivity index (χ0) is 21.8. The highest BCUT2D eigenvalue weighted by atomic mass is 32.2. The molecule has 30 heavy (non-hydrogen) atoms. The summed E-state index contributed by atoms with van der Waals surface area (Å²) in [5.41, 5.74) is 0.521. The molecule has 1 aromatic heterocycles. The number of aliphatic carboxylic acids is 1. The van der Waals surface area contributed by atoms with Gasteiger partial charge in [-0.15, -0.1) is 0 Å². The third kappa shape index (κ3) is 3.22. The summed E-state index contributed by atoms with van der Waals surface area (Å²) in [6.45, 7) is 3.53. The number of hydrogen-bond acceptors (Lipinski definition) is 7. The van der Waals surface area contributed by atoms with Gasteiger partial charge in [0.15, 0.2) is 0 Å². The summed E-state index contributed by atoms with van der Waals surface area (Å²) in [6.07, 6.45) is 0. The van der Waals surface area contributed by atoms with Crippen molar-refractivity contribution in [1.82, 2.24) is 4.31 Å². The largest absolute Gasteiger partial charge is 0.480 e. The van der Waals surface area contributed by atoms with Gasteiger partial charge in [-0.2, -0.15) is 16.1 Å². The van der Waals surface area contributed by atoms with Crippen LogP contribution in [0.1, 0.15) is 13.8 Å². The molecule has 1 aliphatic heterocycles. The zero-order valence-corrected chi connectivity index (χ0v) is 17.7. The van der Waals surface area contributed by atoms with E-state index < -0.39 is 31.7 Å². The number of sulfonamides is 1. The summed E-state index contributed by atoms with van der Waals surface area (Å²) in [5, 5.41) is 21.7. The van der Waals surface area contributed by atoms with Crippen LogP contribution < -0.4 is 0 Å². The Morgan fingerprint density at radius 2 is 1.97 bits per heavy atom. The summed E-state index contributed by atoms with van der Waals surface area (Å²) in [4.78, 5) is 22.3. The molecular weight excluding hydrogens is 432 g/mol. The van der Waals surface area contributed by atoms with Crippen molar-refractivity contribution >= 4 is 55.4 Å². The molecule has 2 aromatic carbocycles. The molecule has 1 fully saturated rings. The Labute approximate surface area is 175 Å². The summed E-state index contributed by atoms with van der Waals surface area (Å²) < 4.78 is 32.6.